The lowest BCUT2D eigenvalue weighted by atomic mass is 10.1. The molecule has 1 aromatic rings. The van der Waals surface area contributed by atoms with Crippen molar-refractivity contribution in [1.82, 2.24) is 4.90 Å². The molecule has 0 bridgehead atoms. The number of halogens is 1. The molecule has 1 aliphatic heterocycles. The first-order valence-electron chi connectivity index (χ1n) is 6.44. The van der Waals surface area contributed by atoms with Gasteiger partial charge in [0.25, 0.3) is 15.0 Å². The van der Waals surface area contributed by atoms with E-state index in [1.165, 1.54) is 6.07 Å². The van der Waals surface area contributed by atoms with Crippen LogP contribution in [0.1, 0.15) is 10.4 Å². The van der Waals surface area contributed by atoms with Gasteiger partial charge in [-0.2, -0.15) is 0 Å². The van der Waals surface area contributed by atoms with Gasteiger partial charge >= 0.3 is 0 Å². The average molecular weight is 333 g/mol. The third-order valence-corrected chi connectivity index (χ3v) is 4.60. The van der Waals surface area contributed by atoms with Crippen LogP contribution in [0, 0.1) is 0 Å². The van der Waals surface area contributed by atoms with Gasteiger partial charge in [0.2, 0.25) is 0 Å². The lowest BCUT2D eigenvalue weighted by Crippen LogP contribution is -2.40. The Balaban J connectivity index is 2.39. The molecule has 21 heavy (non-hydrogen) atoms. The Morgan fingerprint density at radius 3 is 2.43 bits per heavy atom. The molecule has 0 radical (unpaired) electrons. The normalized spacial score (nSPS) is 15.9. The summed E-state index contributed by atoms with van der Waals surface area (Å²) in [6, 6.07) is 4.52. The van der Waals surface area contributed by atoms with Crippen molar-refractivity contribution in [1.29, 1.82) is 0 Å². The third kappa shape index (κ3) is 3.66. The van der Waals surface area contributed by atoms with Crippen LogP contribution in [0.25, 0.3) is 0 Å². The predicted octanol–water partition coefficient (Wildman–Crippen LogP) is 1.15. The predicted molar refractivity (Wildman–Crippen MR) is 80.5 cm³/mol. The van der Waals surface area contributed by atoms with E-state index in [1.54, 1.807) is 36.0 Å². The van der Waals surface area contributed by atoms with Crippen LogP contribution in [0.2, 0.25) is 0 Å². The maximum Gasteiger partial charge on any atom is 0.263 e. The van der Waals surface area contributed by atoms with Crippen LogP contribution in [0.15, 0.2) is 23.1 Å². The largest absolute Gasteiger partial charge is 0.378 e. The van der Waals surface area contributed by atoms with Crippen LogP contribution >= 0.6 is 10.7 Å². The molecule has 0 aromatic heterocycles. The number of nitrogens with zero attached hydrogens (tertiary/aromatic N) is 2. The second-order valence-electron chi connectivity index (χ2n) is 4.92. The molecule has 1 heterocycles. The van der Waals surface area contributed by atoms with Crippen molar-refractivity contribution in [2.45, 2.75) is 4.90 Å². The average Bonchev–Trinajstić information content (AvgIpc) is 2.45. The molecule has 0 spiro atoms. The molecule has 1 fully saturated rings. The zero-order valence-electron chi connectivity index (χ0n) is 11.9. The SMILES string of the molecule is CN(C)c1ccc(C(=O)N2CCOCC2)cc1S(=O)(=O)Cl. The molecule has 116 valence electrons. The highest BCUT2D eigenvalue weighted by molar-refractivity contribution is 8.13. The van der Waals surface area contributed by atoms with Gasteiger partial charge in [-0.1, -0.05) is 0 Å². The lowest BCUT2D eigenvalue weighted by Gasteiger charge is -2.27. The minimum atomic E-state index is -3.93. The zero-order valence-corrected chi connectivity index (χ0v) is 13.4. The van der Waals surface area contributed by atoms with Gasteiger partial charge in [0.05, 0.1) is 18.9 Å². The second-order valence-corrected chi connectivity index (χ2v) is 7.45. The van der Waals surface area contributed by atoms with Crippen LogP contribution in [-0.2, 0) is 13.8 Å². The number of morpholine rings is 1. The van der Waals surface area contributed by atoms with Gasteiger partial charge in [0, 0.05) is 43.4 Å². The Bertz CT molecular complexity index is 640. The van der Waals surface area contributed by atoms with Crippen LogP contribution in [-0.4, -0.2) is 59.6 Å². The third-order valence-electron chi connectivity index (χ3n) is 3.25. The maximum absolute atomic E-state index is 12.4. The van der Waals surface area contributed by atoms with Crippen molar-refractivity contribution < 1.29 is 17.9 Å². The Labute approximate surface area is 128 Å². The summed E-state index contributed by atoms with van der Waals surface area (Å²) in [5.74, 6) is -0.217. The molecule has 1 aliphatic rings. The first-order valence-corrected chi connectivity index (χ1v) is 8.74. The topological polar surface area (TPSA) is 66.9 Å². The number of hydrogen-bond donors (Lipinski definition) is 0. The number of carbonyl (C=O) groups is 1. The molecule has 1 amide bonds. The number of hydrogen-bond acceptors (Lipinski definition) is 5. The minimum absolute atomic E-state index is 0.0618. The monoisotopic (exact) mass is 332 g/mol. The van der Waals surface area contributed by atoms with Gasteiger partial charge in [-0.05, 0) is 18.2 Å². The summed E-state index contributed by atoms with van der Waals surface area (Å²) in [6.07, 6.45) is 0. The first-order chi connectivity index (χ1) is 9.80. The van der Waals surface area contributed by atoms with Crippen LogP contribution in [0.3, 0.4) is 0 Å². The number of amides is 1. The quantitative estimate of drug-likeness (QED) is 0.777. The molecule has 1 aromatic carbocycles. The Kier molecular flexibility index (Phi) is 4.75. The van der Waals surface area contributed by atoms with E-state index < -0.39 is 9.05 Å². The Hall–Kier alpha value is -1.31. The van der Waals surface area contributed by atoms with Crippen molar-refractivity contribution in [2.75, 3.05) is 45.3 Å². The second kappa shape index (κ2) is 6.21. The fourth-order valence-corrected chi connectivity index (χ4v) is 3.30. The van der Waals surface area contributed by atoms with Crippen LogP contribution < -0.4 is 4.90 Å². The van der Waals surface area contributed by atoms with Crippen LogP contribution in [0.4, 0.5) is 5.69 Å². The van der Waals surface area contributed by atoms with Gasteiger partial charge in [-0.3, -0.25) is 4.79 Å². The molecule has 1 saturated heterocycles. The van der Waals surface area contributed by atoms with Crippen molar-refractivity contribution in [3.8, 4) is 0 Å². The minimum Gasteiger partial charge on any atom is -0.378 e. The number of rotatable bonds is 3. The molecule has 2 rings (SSSR count). The van der Waals surface area contributed by atoms with E-state index in [0.717, 1.165) is 0 Å². The fraction of sp³-hybridized carbons (Fsp3) is 0.462. The highest BCUT2D eigenvalue weighted by atomic mass is 35.7. The van der Waals surface area contributed by atoms with Crippen LogP contribution in [0.5, 0.6) is 0 Å². The summed E-state index contributed by atoms with van der Waals surface area (Å²) in [5, 5.41) is 0. The summed E-state index contributed by atoms with van der Waals surface area (Å²) >= 11 is 0. The number of carbonyl (C=O) groups excluding carboxylic acids is 1. The highest BCUT2D eigenvalue weighted by Crippen LogP contribution is 2.28. The smallest absolute Gasteiger partial charge is 0.263 e. The molecule has 0 saturated carbocycles. The van der Waals surface area contributed by atoms with Gasteiger partial charge in [0.1, 0.15) is 4.90 Å². The molecule has 6 nitrogen and oxygen atoms in total. The molecular formula is C13H17ClN2O4S. The molecule has 0 aliphatic carbocycles. The van der Waals surface area contributed by atoms with E-state index in [2.05, 4.69) is 0 Å². The van der Waals surface area contributed by atoms with Crippen molar-refractivity contribution in [2.24, 2.45) is 0 Å². The molecule has 8 heteroatoms. The van der Waals surface area contributed by atoms with E-state index in [9.17, 15) is 13.2 Å². The number of ether oxygens (including phenoxy) is 1. The van der Waals surface area contributed by atoms with E-state index in [4.69, 9.17) is 15.4 Å². The van der Waals surface area contributed by atoms with Crippen molar-refractivity contribution in [3.63, 3.8) is 0 Å². The van der Waals surface area contributed by atoms with Gasteiger partial charge < -0.3 is 14.5 Å². The fourth-order valence-electron chi connectivity index (χ4n) is 2.16. The van der Waals surface area contributed by atoms with E-state index >= 15 is 0 Å². The van der Waals surface area contributed by atoms with Gasteiger partial charge in [-0.25, -0.2) is 8.42 Å². The Morgan fingerprint density at radius 2 is 1.90 bits per heavy atom. The summed E-state index contributed by atoms with van der Waals surface area (Å²) in [7, 11) is 4.97. The van der Waals surface area contributed by atoms with Crippen molar-refractivity contribution >= 4 is 31.3 Å². The number of anilines is 1. The molecule has 0 unspecified atom stereocenters. The lowest BCUT2D eigenvalue weighted by molar-refractivity contribution is 0.0302. The number of benzene rings is 1. The first kappa shape index (κ1) is 16.1. The van der Waals surface area contributed by atoms with E-state index in [0.29, 0.717) is 37.6 Å². The highest BCUT2D eigenvalue weighted by Gasteiger charge is 2.23. The van der Waals surface area contributed by atoms with Gasteiger partial charge in [-0.15, -0.1) is 0 Å². The maximum atomic E-state index is 12.4. The van der Waals surface area contributed by atoms with Crippen molar-refractivity contribution in [3.05, 3.63) is 23.8 Å². The Morgan fingerprint density at radius 1 is 1.29 bits per heavy atom. The zero-order chi connectivity index (χ0) is 15.6. The van der Waals surface area contributed by atoms with Gasteiger partial charge in [0.15, 0.2) is 0 Å². The molecular weight excluding hydrogens is 316 g/mol. The van der Waals surface area contributed by atoms with E-state index in [1.807, 2.05) is 0 Å². The summed E-state index contributed by atoms with van der Waals surface area (Å²) < 4.78 is 28.6. The summed E-state index contributed by atoms with van der Waals surface area (Å²) in [5.41, 5.74) is 0.755. The summed E-state index contributed by atoms with van der Waals surface area (Å²) in [6.45, 7) is 1.97. The summed E-state index contributed by atoms with van der Waals surface area (Å²) in [4.78, 5) is 15.6. The molecule has 0 atom stereocenters. The standard InChI is InChI=1S/C13H17ClN2O4S/c1-15(2)11-4-3-10(9-12(11)21(14,18)19)13(17)16-5-7-20-8-6-16/h3-4,9H,5-8H2,1-2H3. The molecule has 0 N–H and O–H groups in total. The van der Waals surface area contributed by atoms with E-state index in [-0.39, 0.29) is 10.8 Å².